The van der Waals surface area contributed by atoms with Crippen molar-refractivity contribution in [1.82, 2.24) is 20.6 Å². The van der Waals surface area contributed by atoms with E-state index >= 15 is 0 Å². The molecule has 5 rings (SSSR count). The lowest BCUT2D eigenvalue weighted by Crippen LogP contribution is -2.29. The van der Waals surface area contributed by atoms with Crippen LogP contribution in [0.3, 0.4) is 0 Å². The van der Waals surface area contributed by atoms with Crippen LogP contribution in [-0.4, -0.2) is 41.6 Å². The van der Waals surface area contributed by atoms with Crippen LogP contribution < -0.4 is 16.0 Å². The number of hydrogen-bond donors (Lipinski definition) is 3. The van der Waals surface area contributed by atoms with Crippen molar-refractivity contribution in [3.8, 4) is 10.6 Å². The Bertz CT molecular complexity index is 1120. The molecule has 2 aliphatic rings. The molecule has 0 radical (unpaired) electrons. The van der Waals surface area contributed by atoms with E-state index in [1.54, 1.807) is 17.5 Å². The van der Waals surface area contributed by atoms with Crippen LogP contribution in [0.5, 0.6) is 0 Å². The number of carbonyl (C=O) groups is 1. The highest BCUT2D eigenvalue weighted by Gasteiger charge is 2.25. The standard InChI is InChI=1S/C24H28ClN5OS.2ClH/c25-19-14-28-24(27-11-3-5-15-4-2-10-26-13-15)30-22(19)21-12-18-17(6-1-7-20(18)32-21)23(31)29-16-8-9-16;;/h1,6-7,12,14-16,26H,2-5,8-11,13H2,(H,29,31)(H,27,28,30);2*1H. The zero-order chi connectivity index (χ0) is 21.9. The van der Waals surface area contributed by atoms with Crippen LogP contribution in [0.25, 0.3) is 20.7 Å². The van der Waals surface area contributed by atoms with Crippen molar-refractivity contribution in [1.29, 1.82) is 0 Å². The number of carbonyl (C=O) groups excluding carboxylic acids is 1. The smallest absolute Gasteiger partial charge is 0.252 e. The SMILES string of the molecule is Cl.Cl.O=C(NC1CC1)c1cccc2sc(-c3nc(NCCCC4CCCNC4)ncc3Cl)cc12. The van der Waals surface area contributed by atoms with Gasteiger partial charge in [-0.05, 0) is 75.7 Å². The Hall–Kier alpha value is -1.64. The molecule has 1 aliphatic heterocycles. The van der Waals surface area contributed by atoms with Gasteiger partial charge in [-0.3, -0.25) is 4.79 Å². The number of aromatic nitrogens is 2. The van der Waals surface area contributed by atoms with E-state index in [2.05, 4.69) is 20.9 Å². The fourth-order valence-corrected chi connectivity index (χ4v) is 5.59. The molecule has 1 amide bonds. The minimum atomic E-state index is -0.00763. The normalized spacial score (nSPS) is 17.5. The Balaban J connectivity index is 0.00000162. The van der Waals surface area contributed by atoms with Gasteiger partial charge in [-0.2, -0.15) is 0 Å². The molecule has 6 nitrogen and oxygen atoms in total. The molecule has 3 aromatic rings. The third kappa shape index (κ3) is 6.52. The Kier molecular flexibility index (Phi) is 9.80. The van der Waals surface area contributed by atoms with E-state index in [1.807, 2.05) is 24.3 Å². The van der Waals surface area contributed by atoms with E-state index in [0.29, 0.717) is 28.3 Å². The summed E-state index contributed by atoms with van der Waals surface area (Å²) in [4.78, 5) is 22.7. The van der Waals surface area contributed by atoms with Crippen LogP contribution in [0.1, 0.15) is 48.9 Å². The van der Waals surface area contributed by atoms with Gasteiger partial charge in [0.05, 0.1) is 16.1 Å². The summed E-state index contributed by atoms with van der Waals surface area (Å²) in [6.45, 7) is 3.13. The van der Waals surface area contributed by atoms with Gasteiger partial charge in [-0.25, -0.2) is 9.97 Å². The molecule has 1 aliphatic carbocycles. The van der Waals surface area contributed by atoms with Crippen LogP contribution >= 0.6 is 47.8 Å². The maximum absolute atomic E-state index is 12.7. The molecule has 3 heterocycles. The number of thiophene rings is 1. The lowest BCUT2D eigenvalue weighted by molar-refractivity contribution is 0.0953. The first-order chi connectivity index (χ1) is 15.7. The Labute approximate surface area is 221 Å². The first kappa shape index (κ1) is 27.0. The molecule has 1 saturated heterocycles. The predicted molar refractivity (Wildman–Crippen MR) is 146 cm³/mol. The predicted octanol–water partition coefficient (Wildman–Crippen LogP) is 5.94. The van der Waals surface area contributed by atoms with Crippen molar-refractivity contribution in [2.24, 2.45) is 5.92 Å². The molecule has 184 valence electrons. The lowest BCUT2D eigenvalue weighted by Gasteiger charge is -2.22. The Morgan fingerprint density at radius 1 is 1.24 bits per heavy atom. The van der Waals surface area contributed by atoms with Crippen LogP contribution in [0.4, 0.5) is 5.95 Å². The molecular formula is C24H30Cl3N5OS. The summed E-state index contributed by atoms with van der Waals surface area (Å²) in [5.74, 6) is 1.36. The molecule has 10 heteroatoms. The highest BCUT2D eigenvalue weighted by atomic mass is 35.5. The van der Waals surface area contributed by atoms with Gasteiger partial charge in [-0.1, -0.05) is 17.7 Å². The van der Waals surface area contributed by atoms with Gasteiger partial charge in [0.2, 0.25) is 5.95 Å². The van der Waals surface area contributed by atoms with Crippen molar-refractivity contribution in [2.75, 3.05) is 25.0 Å². The second-order valence-electron chi connectivity index (χ2n) is 8.75. The molecule has 0 spiro atoms. The first-order valence-electron chi connectivity index (χ1n) is 11.5. The third-order valence-electron chi connectivity index (χ3n) is 6.17. The van der Waals surface area contributed by atoms with Gasteiger partial charge in [-0.15, -0.1) is 36.2 Å². The molecule has 2 aromatic heterocycles. The average molecular weight is 543 g/mol. The molecule has 1 atom stereocenters. The molecular weight excluding hydrogens is 513 g/mol. The fourth-order valence-electron chi connectivity index (χ4n) is 4.25. The quantitative estimate of drug-likeness (QED) is 0.307. The van der Waals surface area contributed by atoms with Crippen molar-refractivity contribution < 1.29 is 4.79 Å². The summed E-state index contributed by atoms with van der Waals surface area (Å²) in [5, 5.41) is 11.4. The summed E-state index contributed by atoms with van der Waals surface area (Å²) < 4.78 is 1.05. The summed E-state index contributed by atoms with van der Waals surface area (Å²) >= 11 is 8.07. The van der Waals surface area contributed by atoms with E-state index in [1.165, 1.54) is 19.3 Å². The Morgan fingerprint density at radius 3 is 2.85 bits per heavy atom. The molecule has 0 bridgehead atoms. The van der Waals surface area contributed by atoms with E-state index in [4.69, 9.17) is 16.6 Å². The largest absolute Gasteiger partial charge is 0.354 e. The molecule has 3 N–H and O–H groups in total. The number of piperidine rings is 1. The van der Waals surface area contributed by atoms with Crippen molar-refractivity contribution in [3.63, 3.8) is 0 Å². The zero-order valence-corrected chi connectivity index (χ0v) is 22.0. The second-order valence-corrected chi connectivity index (χ2v) is 10.2. The molecule has 1 aromatic carbocycles. The topological polar surface area (TPSA) is 78.9 Å². The Morgan fingerprint density at radius 2 is 2.09 bits per heavy atom. The fraction of sp³-hybridized carbons (Fsp3) is 0.458. The minimum Gasteiger partial charge on any atom is -0.354 e. The van der Waals surface area contributed by atoms with Gasteiger partial charge in [0.1, 0.15) is 5.69 Å². The highest BCUT2D eigenvalue weighted by Crippen LogP contribution is 2.37. The summed E-state index contributed by atoms with van der Waals surface area (Å²) in [6, 6.07) is 8.20. The number of hydrogen-bond acceptors (Lipinski definition) is 6. The molecule has 1 unspecified atom stereocenters. The number of halogens is 3. The van der Waals surface area contributed by atoms with E-state index in [0.717, 1.165) is 59.8 Å². The van der Waals surface area contributed by atoms with Gasteiger partial charge in [0, 0.05) is 28.2 Å². The van der Waals surface area contributed by atoms with Crippen LogP contribution in [-0.2, 0) is 0 Å². The van der Waals surface area contributed by atoms with Crippen LogP contribution in [0.2, 0.25) is 5.02 Å². The van der Waals surface area contributed by atoms with E-state index in [-0.39, 0.29) is 30.7 Å². The molecule has 1 saturated carbocycles. The van der Waals surface area contributed by atoms with Gasteiger partial charge in [0.25, 0.3) is 5.91 Å². The second kappa shape index (κ2) is 12.4. The number of nitrogens with one attached hydrogen (secondary N) is 3. The van der Waals surface area contributed by atoms with Crippen molar-refractivity contribution in [3.05, 3.63) is 41.0 Å². The average Bonchev–Trinajstić information content (AvgIpc) is 3.52. The van der Waals surface area contributed by atoms with Crippen molar-refractivity contribution in [2.45, 2.75) is 44.6 Å². The number of amides is 1. The van der Waals surface area contributed by atoms with Crippen LogP contribution in [0.15, 0.2) is 30.5 Å². The zero-order valence-electron chi connectivity index (χ0n) is 18.8. The number of fused-ring (bicyclic) bond motifs is 1. The van der Waals surface area contributed by atoms with Gasteiger partial charge >= 0.3 is 0 Å². The maximum Gasteiger partial charge on any atom is 0.252 e. The number of anilines is 1. The van der Waals surface area contributed by atoms with Gasteiger partial charge < -0.3 is 16.0 Å². The summed E-state index contributed by atoms with van der Waals surface area (Å²) in [7, 11) is 0. The van der Waals surface area contributed by atoms with Crippen molar-refractivity contribution >= 4 is 69.7 Å². The number of benzene rings is 1. The third-order valence-corrected chi connectivity index (χ3v) is 7.55. The monoisotopic (exact) mass is 541 g/mol. The molecule has 34 heavy (non-hydrogen) atoms. The number of nitrogens with zero attached hydrogens (tertiary/aromatic N) is 2. The van der Waals surface area contributed by atoms with E-state index in [9.17, 15) is 4.79 Å². The summed E-state index contributed by atoms with van der Waals surface area (Å²) in [6.07, 6.45) is 8.70. The number of rotatable bonds is 8. The maximum atomic E-state index is 12.7. The molecule has 2 fully saturated rings. The lowest BCUT2D eigenvalue weighted by atomic mass is 9.95. The van der Waals surface area contributed by atoms with Crippen LogP contribution in [0, 0.1) is 5.92 Å². The van der Waals surface area contributed by atoms with E-state index < -0.39 is 0 Å². The first-order valence-corrected chi connectivity index (χ1v) is 12.7. The highest BCUT2D eigenvalue weighted by molar-refractivity contribution is 7.22. The van der Waals surface area contributed by atoms with Gasteiger partial charge in [0.15, 0.2) is 0 Å². The minimum absolute atomic E-state index is 0. The summed E-state index contributed by atoms with van der Waals surface area (Å²) in [5.41, 5.74) is 1.41.